The van der Waals surface area contributed by atoms with Gasteiger partial charge in [0.1, 0.15) is 0 Å². The first-order valence-corrected chi connectivity index (χ1v) is 5.73. The molecule has 0 saturated carbocycles. The molecule has 0 N–H and O–H groups in total. The molecule has 1 aliphatic heterocycles. The molecule has 0 unspecified atom stereocenters. The van der Waals surface area contributed by atoms with Crippen LogP contribution in [0.2, 0.25) is 10.3 Å². The van der Waals surface area contributed by atoms with Gasteiger partial charge in [-0.1, -0.05) is 23.2 Å². The van der Waals surface area contributed by atoms with Gasteiger partial charge in [0.15, 0.2) is 10.3 Å². The van der Waals surface area contributed by atoms with Crippen molar-refractivity contribution in [1.29, 1.82) is 0 Å². The fourth-order valence-electron chi connectivity index (χ4n) is 2.09. The third kappa shape index (κ3) is 2.04. The lowest BCUT2D eigenvalue weighted by Crippen LogP contribution is -2.38. The molecule has 15 heavy (non-hydrogen) atoms. The zero-order valence-corrected chi connectivity index (χ0v) is 10.3. The molecule has 2 rings (SSSR count). The standard InChI is InChI=1S/C10H13Cl2N3/c1-10(2)4-3-5-15(10)7-6-8(11)13-14-9(7)12/h6H,3-5H2,1-2H3. The lowest BCUT2D eigenvalue weighted by atomic mass is 10.0. The number of hydrogen-bond acceptors (Lipinski definition) is 3. The lowest BCUT2D eigenvalue weighted by molar-refractivity contribution is 0.517. The minimum Gasteiger partial charge on any atom is -0.364 e. The SMILES string of the molecule is CC1(C)CCCN1c1cc(Cl)nnc1Cl. The highest BCUT2D eigenvalue weighted by Gasteiger charge is 2.33. The van der Waals surface area contributed by atoms with E-state index >= 15 is 0 Å². The monoisotopic (exact) mass is 245 g/mol. The number of rotatable bonds is 1. The Balaban J connectivity index is 2.40. The van der Waals surface area contributed by atoms with Crippen molar-refractivity contribution in [3.05, 3.63) is 16.4 Å². The Bertz CT molecular complexity index is 379. The second-order valence-electron chi connectivity index (χ2n) is 4.41. The molecule has 0 radical (unpaired) electrons. The van der Waals surface area contributed by atoms with Gasteiger partial charge in [-0.3, -0.25) is 0 Å². The summed E-state index contributed by atoms with van der Waals surface area (Å²) in [6, 6.07) is 1.78. The van der Waals surface area contributed by atoms with Gasteiger partial charge >= 0.3 is 0 Å². The average Bonchev–Trinajstić information content (AvgIpc) is 2.50. The summed E-state index contributed by atoms with van der Waals surface area (Å²) >= 11 is 11.9. The van der Waals surface area contributed by atoms with E-state index in [1.807, 2.05) is 0 Å². The largest absolute Gasteiger partial charge is 0.364 e. The maximum atomic E-state index is 6.03. The predicted molar refractivity (Wildman–Crippen MR) is 62.7 cm³/mol. The number of hydrogen-bond donors (Lipinski definition) is 0. The number of halogens is 2. The van der Waals surface area contributed by atoms with Gasteiger partial charge < -0.3 is 4.90 Å². The van der Waals surface area contributed by atoms with Gasteiger partial charge in [-0.2, -0.15) is 0 Å². The molecule has 0 atom stereocenters. The Morgan fingerprint density at radius 2 is 2.07 bits per heavy atom. The molecule has 1 aromatic rings. The Morgan fingerprint density at radius 3 is 2.67 bits per heavy atom. The van der Waals surface area contributed by atoms with E-state index in [1.165, 1.54) is 6.42 Å². The maximum Gasteiger partial charge on any atom is 0.175 e. The Labute approximate surface area is 99.4 Å². The maximum absolute atomic E-state index is 6.03. The summed E-state index contributed by atoms with van der Waals surface area (Å²) in [6.45, 7) is 5.39. The van der Waals surface area contributed by atoms with Crippen molar-refractivity contribution in [2.24, 2.45) is 0 Å². The van der Waals surface area contributed by atoms with Crippen LogP contribution in [0.15, 0.2) is 6.07 Å². The highest BCUT2D eigenvalue weighted by Crippen LogP contribution is 2.37. The predicted octanol–water partition coefficient (Wildman–Crippen LogP) is 3.16. The van der Waals surface area contributed by atoms with Gasteiger partial charge in [0.05, 0.1) is 5.69 Å². The highest BCUT2D eigenvalue weighted by atomic mass is 35.5. The van der Waals surface area contributed by atoms with Gasteiger partial charge in [0, 0.05) is 18.2 Å². The van der Waals surface area contributed by atoms with Gasteiger partial charge in [0.2, 0.25) is 0 Å². The average molecular weight is 246 g/mol. The second-order valence-corrected chi connectivity index (χ2v) is 5.16. The molecule has 0 aliphatic carbocycles. The van der Waals surface area contributed by atoms with Crippen molar-refractivity contribution in [3.63, 3.8) is 0 Å². The van der Waals surface area contributed by atoms with E-state index in [9.17, 15) is 0 Å². The van der Waals surface area contributed by atoms with Crippen LogP contribution in [-0.4, -0.2) is 22.3 Å². The van der Waals surface area contributed by atoms with E-state index < -0.39 is 0 Å². The Hall–Kier alpha value is -0.540. The number of anilines is 1. The summed E-state index contributed by atoms with van der Waals surface area (Å²) in [5.41, 5.74) is 1.01. The third-order valence-corrected chi connectivity index (χ3v) is 3.35. The molecule has 1 saturated heterocycles. The van der Waals surface area contributed by atoms with Crippen molar-refractivity contribution in [1.82, 2.24) is 10.2 Å². The van der Waals surface area contributed by atoms with Gasteiger partial charge in [0.25, 0.3) is 0 Å². The summed E-state index contributed by atoms with van der Waals surface area (Å²) in [4.78, 5) is 2.25. The van der Waals surface area contributed by atoms with Crippen molar-refractivity contribution in [2.45, 2.75) is 32.2 Å². The summed E-state index contributed by atoms with van der Waals surface area (Å²) in [7, 11) is 0. The number of nitrogens with zero attached hydrogens (tertiary/aromatic N) is 3. The van der Waals surface area contributed by atoms with Crippen molar-refractivity contribution < 1.29 is 0 Å². The van der Waals surface area contributed by atoms with Crippen LogP contribution in [-0.2, 0) is 0 Å². The van der Waals surface area contributed by atoms with E-state index in [4.69, 9.17) is 23.2 Å². The van der Waals surface area contributed by atoms with Crippen LogP contribution in [0, 0.1) is 0 Å². The number of aromatic nitrogens is 2. The first-order valence-electron chi connectivity index (χ1n) is 4.97. The lowest BCUT2D eigenvalue weighted by Gasteiger charge is -2.33. The molecule has 0 spiro atoms. The van der Waals surface area contributed by atoms with Crippen LogP contribution in [0.5, 0.6) is 0 Å². The summed E-state index contributed by atoms with van der Waals surface area (Å²) in [6.07, 6.45) is 2.33. The van der Waals surface area contributed by atoms with E-state index in [1.54, 1.807) is 6.07 Å². The third-order valence-electron chi connectivity index (χ3n) is 2.89. The molecule has 82 valence electrons. The molecule has 1 fully saturated rings. The van der Waals surface area contributed by atoms with Gasteiger partial charge in [-0.15, -0.1) is 10.2 Å². The van der Waals surface area contributed by atoms with Crippen LogP contribution in [0.25, 0.3) is 0 Å². The van der Waals surface area contributed by atoms with Crippen LogP contribution >= 0.6 is 23.2 Å². The first-order chi connectivity index (χ1) is 7.00. The molecular formula is C10H13Cl2N3. The quantitative estimate of drug-likeness (QED) is 0.762. The highest BCUT2D eigenvalue weighted by molar-refractivity contribution is 6.33. The van der Waals surface area contributed by atoms with Crippen molar-refractivity contribution >= 4 is 28.9 Å². The fourth-order valence-corrected chi connectivity index (χ4v) is 2.42. The summed E-state index contributed by atoms with van der Waals surface area (Å²) in [5.74, 6) is 0. The molecular weight excluding hydrogens is 233 g/mol. The second kappa shape index (κ2) is 3.80. The van der Waals surface area contributed by atoms with E-state index in [-0.39, 0.29) is 5.54 Å². The Kier molecular flexibility index (Phi) is 2.77. The zero-order valence-electron chi connectivity index (χ0n) is 8.80. The van der Waals surface area contributed by atoms with Crippen LogP contribution < -0.4 is 4.90 Å². The van der Waals surface area contributed by atoms with E-state index in [0.29, 0.717) is 10.3 Å². The molecule has 1 aliphatic rings. The van der Waals surface area contributed by atoms with E-state index in [0.717, 1.165) is 18.7 Å². The van der Waals surface area contributed by atoms with Crippen LogP contribution in [0.3, 0.4) is 0 Å². The molecule has 0 amide bonds. The summed E-state index contributed by atoms with van der Waals surface area (Å²) in [5, 5.41) is 8.36. The normalized spacial score (nSPS) is 19.6. The molecule has 1 aromatic heterocycles. The van der Waals surface area contributed by atoms with Crippen LogP contribution in [0.4, 0.5) is 5.69 Å². The molecule has 0 aromatic carbocycles. The molecule has 2 heterocycles. The topological polar surface area (TPSA) is 29.0 Å². The molecule has 5 heteroatoms. The van der Waals surface area contributed by atoms with Crippen LogP contribution in [0.1, 0.15) is 26.7 Å². The Morgan fingerprint density at radius 1 is 1.33 bits per heavy atom. The zero-order chi connectivity index (χ0) is 11.1. The van der Waals surface area contributed by atoms with E-state index in [2.05, 4.69) is 28.9 Å². The summed E-state index contributed by atoms with van der Waals surface area (Å²) < 4.78 is 0. The van der Waals surface area contributed by atoms with Gasteiger partial charge in [-0.25, -0.2) is 0 Å². The fraction of sp³-hybridized carbons (Fsp3) is 0.600. The van der Waals surface area contributed by atoms with Crippen molar-refractivity contribution in [2.75, 3.05) is 11.4 Å². The molecule has 3 nitrogen and oxygen atoms in total. The smallest absolute Gasteiger partial charge is 0.175 e. The molecule has 0 bridgehead atoms. The first kappa shape index (κ1) is 11.0. The van der Waals surface area contributed by atoms with Gasteiger partial charge in [-0.05, 0) is 26.7 Å². The van der Waals surface area contributed by atoms with Crippen molar-refractivity contribution in [3.8, 4) is 0 Å². The minimum atomic E-state index is 0.121. The minimum absolute atomic E-state index is 0.121.